The molecule has 12 heavy (non-hydrogen) atoms. The molecule has 0 atom stereocenters. The van der Waals surface area contributed by atoms with Crippen LogP contribution in [0.4, 0.5) is 0 Å². The van der Waals surface area contributed by atoms with Gasteiger partial charge in [-0.1, -0.05) is 35.4 Å². The molecule has 0 aliphatic rings. The second-order valence-electron chi connectivity index (χ2n) is 3.02. The number of furan rings is 1. The fourth-order valence-electron chi connectivity index (χ4n) is 0.916. The van der Waals surface area contributed by atoms with Crippen molar-refractivity contribution in [2.75, 3.05) is 5.33 Å². The molecule has 0 spiro atoms. The number of rotatable bonds is 3. The van der Waals surface area contributed by atoms with Crippen molar-refractivity contribution in [2.45, 2.75) is 13.8 Å². The Hall–Kier alpha value is -0.500. The summed E-state index contributed by atoms with van der Waals surface area (Å²) in [5, 5.41) is 0.908. The minimum absolute atomic E-state index is 0.564. The van der Waals surface area contributed by atoms with Gasteiger partial charge in [0.25, 0.3) is 0 Å². The van der Waals surface area contributed by atoms with E-state index in [0.29, 0.717) is 5.92 Å². The lowest BCUT2D eigenvalue weighted by atomic mass is 10.0. The van der Waals surface area contributed by atoms with Crippen LogP contribution in [0.25, 0.3) is 6.08 Å². The summed E-state index contributed by atoms with van der Waals surface area (Å²) < 4.78 is 5.22. The zero-order chi connectivity index (χ0) is 8.97. The summed E-state index contributed by atoms with van der Waals surface area (Å²) in [6.07, 6.45) is 3.78. The van der Waals surface area contributed by atoms with Gasteiger partial charge in [-0.25, -0.2) is 0 Å². The van der Waals surface area contributed by atoms with Gasteiger partial charge in [-0.15, -0.1) is 0 Å². The quantitative estimate of drug-likeness (QED) is 0.720. The topological polar surface area (TPSA) is 13.1 Å². The average Bonchev–Trinajstić information content (AvgIpc) is 2.51. The van der Waals surface area contributed by atoms with Crippen LogP contribution >= 0.6 is 15.9 Å². The van der Waals surface area contributed by atoms with Gasteiger partial charge < -0.3 is 4.42 Å². The molecule has 0 aromatic carbocycles. The molecule has 0 unspecified atom stereocenters. The zero-order valence-corrected chi connectivity index (χ0v) is 8.97. The van der Waals surface area contributed by atoms with Crippen LogP contribution < -0.4 is 0 Å². The molecular weight excluding hydrogens is 216 g/mol. The molecule has 0 fully saturated rings. The van der Waals surface area contributed by atoms with Gasteiger partial charge >= 0.3 is 0 Å². The molecule has 0 saturated carbocycles. The van der Waals surface area contributed by atoms with Crippen LogP contribution in [0, 0.1) is 5.92 Å². The Morgan fingerprint density at radius 3 is 2.83 bits per heavy atom. The van der Waals surface area contributed by atoms with E-state index in [-0.39, 0.29) is 0 Å². The molecule has 66 valence electrons. The van der Waals surface area contributed by atoms with Gasteiger partial charge in [0, 0.05) is 5.33 Å². The van der Waals surface area contributed by atoms with Gasteiger partial charge in [0.05, 0.1) is 6.26 Å². The average molecular weight is 229 g/mol. The Kier molecular flexibility index (Phi) is 3.60. The molecule has 0 aliphatic carbocycles. The zero-order valence-electron chi connectivity index (χ0n) is 7.38. The highest BCUT2D eigenvalue weighted by Gasteiger charge is 2.01. The van der Waals surface area contributed by atoms with E-state index < -0.39 is 0 Å². The van der Waals surface area contributed by atoms with Crippen LogP contribution in [0.15, 0.2) is 28.4 Å². The summed E-state index contributed by atoms with van der Waals surface area (Å²) in [7, 11) is 0. The largest absolute Gasteiger partial charge is 0.465 e. The van der Waals surface area contributed by atoms with Gasteiger partial charge in [0.1, 0.15) is 5.76 Å². The lowest BCUT2D eigenvalue weighted by Crippen LogP contribution is -1.94. The molecule has 0 bridgehead atoms. The first-order valence-electron chi connectivity index (χ1n) is 4.04. The Morgan fingerprint density at radius 2 is 2.42 bits per heavy atom. The molecule has 0 radical (unpaired) electrons. The summed E-state index contributed by atoms with van der Waals surface area (Å²) >= 11 is 3.45. The van der Waals surface area contributed by atoms with Crippen molar-refractivity contribution >= 4 is 22.0 Å². The Labute approximate surface area is 81.6 Å². The summed E-state index contributed by atoms with van der Waals surface area (Å²) in [5.74, 6) is 1.49. The minimum Gasteiger partial charge on any atom is -0.465 e. The SMILES string of the molecule is CC(C)C(=Cc1ccco1)CBr. The van der Waals surface area contributed by atoms with Crippen molar-refractivity contribution in [1.29, 1.82) is 0 Å². The number of allylic oxidation sites excluding steroid dienone is 1. The summed E-state index contributed by atoms with van der Waals surface area (Å²) in [6.45, 7) is 4.35. The van der Waals surface area contributed by atoms with Crippen LogP contribution in [-0.2, 0) is 0 Å². The van der Waals surface area contributed by atoms with E-state index in [2.05, 4.69) is 35.9 Å². The second kappa shape index (κ2) is 4.51. The number of hydrogen-bond donors (Lipinski definition) is 0. The maximum absolute atomic E-state index is 5.22. The fraction of sp³-hybridized carbons (Fsp3) is 0.400. The smallest absolute Gasteiger partial charge is 0.126 e. The molecular formula is C10H13BrO. The highest BCUT2D eigenvalue weighted by atomic mass is 79.9. The van der Waals surface area contributed by atoms with Crippen molar-refractivity contribution in [3.63, 3.8) is 0 Å². The summed E-state index contributed by atoms with van der Waals surface area (Å²) in [6, 6.07) is 3.86. The Balaban J connectivity index is 2.78. The maximum Gasteiger partial charge on any atom is 0.126 e. The highest BCUT2D eigenvalue weighted by molar-refractivity contribution is 9.09. The third-order valence-electron chi connectivity index (χ3n) is 1.77. The van der Waals surface area contributed by atoms with E-state index in [4.69, 9.17) is 4.42 Å². The van der Waals surface area contributed by atoms with Crippen LogP contribution in [0.5, 0.6) is 0 Å². The highest BCUT2D eigenvalue weighted by Crippen LogP contribution is 2.16. The number of hydrogen-bond acceptors (Lipinski definition) is 1. The first kappa shape index (κ1) is 9.59. The van der Waals surface area contributed by atoms with Crippen molar-refractivity contribution in [1.82, 2.24) is 0 Å². The van der Waals surface area contributed by atoms with Gasteiger partial charge in [0.15, 0.2) is 0 Å². The molecule has 0 N–H and O–H groups in total. The van der Waals surface area contributed by atoms with Crippen molar-refractivity contribution in [3.05, 3.63) is 29.7 Å². The van der Waals surface area contributed by atoms with Crippen LogP contribution in [0.1, 0.15) is 19.6 Å². The molecule has 0 aliphatic heterocycles. The van der Waals surface area contributed by atoms with Gasteiger partial charge in [-0.2, -0.15) is 0 Å². The normalized spacial score (nSPS) is 12.5. The van der Waals surface area contributed by atoms with Gasteiger partial charge in [-0.05, 0) is 24.1 Å². The predicted molar refractivity (Wildman–Crippen MR) is 55.3 cm³/mol. The van der Waals surface area contributed by atoms with E-state index >= 15 is 0 Å². The van der Waals surface area contributed by atoms with Gasteiger partial charge in [-0.3, -0.25) is 0 Å². The monoisotopic (exact) mass is 228 g/mol. The fourth-order valence-corrected chi connectivity index (χ4v) is 1.73. The lowest BCUT2D eigenvalue weighted by molar-refractivity contribution is 0.555. The standard InChI is InChI=1S/C10H13BrO/c1-8(2)9(7-11)6-10-4-3-5-12-10/h3-6,8H,7H2,1-2H3. The molecule has 0 saturated heterocycles. The molecule has 0 amide bonds. The number of alkyl halides is 1. The molecule has 2 heteroatoms. The summed E-state index contributed by atoms with van der Waals surface area (Å²) in [4.78, 5) is 0. The van der Waals surface area contributed by atoms with Crippen molar-refractivity contribution in [3.8, 4) is 0 Å². The minimum atomic E-state index is 0.564. The van der Waals surface area contributed by atoms with E-state index in [1.165, 1.54) is 5.57 Å². The third kappa shape index (κ3) is 2.52. The number of halogens is 1. The molecule has 1 aromatic rings. The first-order chi connectivity index (χ1) is 5.74. The van der Waals surface area contributed by atoms with E-state index in [9.17, 15) is 0 Å². The predicted octanol–water partition coefficient (Wildman–Crippen LogP) is 3.71. The Bertz CT molecular complexity index is 247. The summed E-state index contributed by atoms with van der Waals surface area (Å²) in [5.41, 5.74) is 1.35. The van der Waals surface area contributed by atoms with E-state index in [1.54, 1.807) is 6.26 Å². The van der Waals surface area contributed by atoms with Crippen molar-refractivity contribution < 1.29 is 4.42 Å². The second-order valence-corrected chi connectivity index (χ2v) is 3.58. The van der Waals surface area contributed by atoms with Crippen LogP contribution in [0.2, 0.25) is 0 Å². The van der Waals surface area contributed by atoms with Crippen LogP contribution in [0.3, 0.4) is 0 Å². The lowest BCUT2D eigenvalue weighted by Gasteiger charge is -2.05. The van der Waals surface area contributed by atoms with E-state index in [0.717, 1.165) is 11.1 Å². The Morgan fingerprint density at radius 1 is 1.67 bits per heavy atom. The molecule has 1 rings (SSSR count). The van der Waals surface area contributed by atoms with Gasteiger partial charge in [0.2, 0.25) is 0 Å². The first-order valence-corrected chi connectivity index (χ1v) is 5.16. The van der Waals surface area contributed by atoms with Crippen LogP contribution in [-0.4, -0.2) is 5.33 Å². The molecule has 1 heterocycles. The maximum atomic E-state index is 5.22. The third-order valence-corrected chi connectivity index (χ3v) is 2.41. The van der Waals surface area contributed by atoms with Crippen molar-refractivity contribution in [2.24, 2.45) is 5.92 Å². The molecule has 1 nitrogen and oxygen atoms in total. The molecule has 1 aromatic heterocycles. The van der Waals surface area contributed by atoms with E-state index in [1.807, 2.05) is 12.1 Å².